The molecule has 0 aromatic carbocycles. The normalized spacial score (nSPS) is 0. The zero-order chi connectivity index (χ0) is 0. The average Bonchev–Trinajstić information content (AvgIpc) is 0. The molecule has 0 nitrogen and oxygen atoms in total. The monoisotopic (exact) mass is 319 g/mol. The summed E-state index contributed by atoms with van der Waals surface area (Å²) >= 11 is 0. The van der Waals surface area contributed by atoms with Gasteiger partial charge in [-0.1, -0.05) is 0 Å². The van der Waals surface area contributed by atoms with E-state index in [1.807, 2.05) is 0 Å². The predicted molar refractivity (Wildman–Crippen MR) is 17.9 cm³/mol. The van der Waals surface area contributed by atoms with Crippen LogP contribution in [0, 0.1) is 0 Å². The summed E-state index contributed by atoms with van der Waals surface area (Å²) in [5.74, 6) is 0. The summed E-state index contributed by atoms with van der Waals surface area (Å²) in [4.78, 5) is 0. The van der Waals surface area contributed by atoms with Crippen LogP contribution in [0.2, 0.25) is 0 Å². The van der Waals surface area contributed by atoms with Crippen LogP contribution in [-0.4, -0.2) is 0 Å². The minimum absolute atomic E-state index is 0. The van der Waals surface area contributed by atoms with Crippen LogP contribution in [0.4, 0.5) is 4.70 Å². The third-order valence-electron chi connectivity index (χ3n) is 0. The molecule has 0 aromatic heterocycles. The van der Waals surface area contributed by atoms with Gasteiger partial charge in [0.1, 0.15) is 0 Å². The zero-order valence-electron chi connectivity index (χ0n) is 1.88. The van der Waals surface area contributed by atoms with Gasteiger partial charge in [-0.2, -0.15) is 0 Å². The van der Waals surface area contributed by atoms with Gasteiger partial charge in [-0.15, -0.1) is 24.0 Å². The largest absolute Gasteiger partial charge is 0.269 e. The van der Waals surface area contributed by atoms with E-state index in [0.29, 0.717) is 0 Å². The fraction of sp³-hybridized carbons (Fsp3) is 0. The van der Waals surface area contributed by atoms with Crippen LogP contribution >= 0.6 is 24.0 Å². The van der Waals surface area contributed by atoms with Crippen LogP contribution in [-0.2, 0) is 51.5 Å². The second-order valence-corrected chi connectivity index (χ2v) is 0. The summed E-state index contributed by atoms with van der Waals surface area (Å²) in [5.41, 5.74) is 0. The van der Waals surface area contributed by atoms with E-state index in [4.69, 9.17) is 0 Å². The minimum Gasteiger partial charge on any atom is -0.269 e. The maximum atomic E-state index is 0. The molecular weight excluding hydrogens is 317 g/mol. The number of hydrogen-bond acceptors (Lipinski definition) is 0. The summed E-state index contributed by atoms with van der Waals surface area (Å²) in [5, 5.41) is 0. The summed E-state index contributed by atoms with van der Waals surface area (Å²) in [7, 11) is 0. The van der Waals surface area contributed by atoms with Crippen LogP contribution in [0.5, 0.6) is 0 Å². The van der Waals surface area contributed by atoms with E-state index in [0.717, 1.165) is 0 Å². The van der Waals surface area contributed by atoms with Crippen molar-refractivity contribution < 1.29 is 56.2 Å². The molecule has 0 saturated heterocycles. The van der Waals surface area contributed by atoms with Crippen molar-refractivity contribution in [3.63, 3.8) is 0 Å². The fourth-order valence-corrected chi connectivity index (χ4v) is 0. The molecular formula is H2CrCuFFeI. The number of hydrogen-bond donors (Lipinski definition) is 0. The van der Waals surface area contributed by atoms with Crippen molar-refractivity contribution in [1.29, 1.82) is 0 Å². The molecule has 0 heterocycles. The average molecular weight is 319 g/mol. The molecule has 0 spiro atoms. The molecule has 0 unspecified atom stereocenters. The third kappa shape index (κ3) is 22.4. The van der Waals surface area contributed by atoms with Crippen molar-refractivity contribution in [2.24, 2.45) is 0 Å². The predicted octanol–water partition coefficient (Wildman–Crippen LogP) is 0.763. The standard InChI is InChI=1S/Cr.Cu.FH.Fe.HI/h;;1H;;1H. The smallest absolute Gasteiger partial charge is 0 e. The van der Waals surface area contributed by atoms with Gasteiger partial charge in [-0.25, -0.2) is 0 Å². The van der Waals surface area contributed by atoms with Crippen molar-refractivity contribution in [2.45, 2.75) is 0 Å². The maximum absolute atomic E-state index is 0. The third-order valence-corrected chi connectivity index (χ3v) is 0. The Hall–Kier alpha value is 2.23. The van der Waals surface area contributed by atoms with Gasteiger partial charge in [0.2, 0.25) is 0 Å². The molecule has 0 N–H and O–H groups in total. The Morgan fingerprint density at radius 3 is 1.00 bits per heavy atom. The van der Waals surface area contributed by atoms with Crippen LogP contribution in [0.15, 0.2) is 0 Å². The van der Waals surface area contributed by atoms with Crippen LogP contribution in [0.3, 0.4) is 0 Å². The van der Waals surface area contributed by atoms with E-state index in [-0.39, 0.29) is 80.2 Å². The van der Waals surface area contributed by atoms with Crippen molar-refractivity contribution in [3.05, 3.63) is 0 Å². The molecule has 5 heavy (non-hydrogen) atoms. The summed E-state index contributed by atoms with van der Waals surface area (Å²) < 4.78 is 0. The second-order valence-electron chi connectivity index (χ2n) is 0. The van der Waals surface area contributed by atoms with Crippen molar-refractivity contribution >= 4 is 24.0 Å². The van der Waals surface area contributed by atoms with E-state index in [1.165, 1.54) is 0 Å². The second kappa shape index (κ2) is 34.3. The Bertz CT molecular complexity index is 11.6. The van der Waals surface area contributed by atoms with Crippen LogP contribution in [0.25, 0.3) is 0 Å². The minimum atomic E-state index is 0. The first-order chi connectivity index (χ1) is 0. The van der Waals surface area contributed by atoms with E-state index >= 15 is 0 Å². The number of rotatable bonds is 0. The molecule has 0 aromatic rings. The van der Waals surface area contributed by atoms with E-state index in [1.54, 1.807) is 0 Å². The summed E-state index contributed by atoms with van der Waals surface area (Å²) in [6, 6.07) is 0. The molecule has 0 aliphatic carbocycles. The Balaban J connectivity index is 0. The quantitative estimate of drug-likeness (QED) is 0.457. The maximum Gasteiger partial charge on any atom is 0 e. The molecule has 0 aliphatic heterocycles. The van der Waals surface area contributed by atoms with Gasteiger partial charge < -0.3 is 0 Å². The molecule has 0 amide bonds. The first-order valence-electron chi connectivity index (χ1n) is 0. The topological polar surface area (TPSA) is 0 Å². The Morgan fingerprint density at radius 2 is 1.00 bits per heavy atom. The first kappa shape index (κ1) is 56.4. The molecule has 1 radical (unpaired) electrons. The number of halogens is 2. The van der Waals surface area contributed by atoms with Gasteiger partial charge in [0.15, 0.2) is 0 Å². The Labute approximate surface area is 79.3 Å². The molecule has 0 saturated carbocycles. The van der Waals surface area contributed by atoms with E-state index in [2.05, 4.69) is 0 Å². The van der Waals surface area contributed by atoms with Crippen molar-refractivity contribution in [2.75, 3.05) is 0 Å². The van der Waals surface area contributed by atoms with Gasteiger partial charge in [-0.05, 0) is 0 Å². The van der Waals surface area contributed by atoms with Crippen molar-refractivity contribution in [3.8, 4) is 0 Å². The zero-order valence-corrected chi connectivity index (χ0v) is 7.53. The fourth-order valence-electron chi connectivity index (χ4n) is 0. The molecule has 0 rings (SSSR count). The van der Waals surface area contributed by atoms with Gasteiger partial charge >= 0.3 is 0 Å². The SMILES string of the molecule is F.I.[Cr].[Cu].[Fe]. The van der Waals surface area contributed by atoms with Crippen LogP contribution in [0.1, 0.15) is 0 Å². The molecule has 5 heteroatoms. The molecule has 0 bridgehead atoms. The Kier molecular flexibility index (Phi) is 386. The molecule has 0 fully saturated rings. The van der Waals surface area contributed by atoms with Gasteiger partial charge in [0.25, 0.3) is 0 Å². The molecule has 0 atom stereocenters. The first-order valence-corrected chi connectivity index (χ1v) is 0. The molecule has 41 valence electrons. The van der Waals surface area contributed by atoms with Crippen molar-refractivity contribution in [1.82, 2.24) is 0 Å². The van der Waals surface area contributed by atoms with Gasteiger partial charge in [0.05, 0.1) is 0 Å². The van der Waals surface area contributed by atoms with Gasteiger partial charge in [0, 0.05) is 51.5 Å². The molecule has 0 aliphatic rings. The summed E-state index contributed by atoms with van der Waals surface area (Å²) in [6.07, 6.45) is 0. The van der Waals surface area contributed by atoms with Crippen LogP contribution < -0.4 is 0 Å². The van der Waals surface area contributed by atoms with Gasteiger partial charge in [-0.3, -0.25) is 4.70 Å². The van der Waals surface area contributed by atoms with E-state index < -0.39 is 0 Å². The summed E-state index contributed by atoms with van der Waals surface area (Å²) in [6.45, 7) is 0. The van der Waals surface area contributed by atoms with E-state index in [9.17, 15) is 0 Å². The Morgan fingerprint density at radius 1 is 1.00 bits per heavy atom.